The number of anilines is 2. The van der Waals surface area contributed by atoms with Gasteiger partial charge in [0.2, 0.25) is 11.0 Å². The smallest absolute Gasteiger partial charge is 0.280 e. The molecule has 9 nitrogen and oxygen atoms in total. The largest absolute Gasteiger partial charge is 0.494 e. The highest BCUT2D eigenvalue weighted by Gasteiger charge is 2.55. The quantitative estimate of drug-likeness (QED) is 0.448. The van der Waals surface area contributed by atoms with Crippen LogP contribution in [0.15, 0.2) is 24.5 Å². The lowest BCUT2D eigenvalue weighted by Crippen LogP contribution is -2.38. The number of aromatic nitrogens is 4. The normalized spacial score (nSPS) is 21.7. The molecule has 0 unspecified atom stereocenters. The molecule has 3 aromatic heterocycles. The number of carbonyl (C=O) groups excluding carboxylic acids is 2. The number of halogens is 2. The topological polar surface area (TPSA) is 110 Å². The van der Waals surface area contributed by atoms with Crippen LogP contribution >= 0.6 is 11.3 Å². The number of amides is 2. The lowest BCUT2D eigenvalue weighted by atomic mass is 9.99. The molecule has 2 amide bonds. The van der Waals surface area contributed by atoms with Crippen LogP contribution in [0.3, 0.4) is 0 Å². The van der Waals surface area contributed by atoms with Crippen molar-refractivity contribution in [3.8, 4) is 28.7 Å². The summed E-state index contributed by atoms with van der Waals surface area (Å²) in [6.07, 6.45) is 2.71. The maximum absolute atomic E-state index is 13.6. The van der Waals surface area contributed by atoms with Gasteiger partial charge in [-0.15, -0.1) is 10.2 Å². The summed E-state index contributed by atoms with van der Waals surface area (Å²) in [6, 6.07) is 2.76. The van der Waals surface area contributed by atoms with Crippen molar-refractivity contribution in [1.82, 2.24) is 20.2 Å². The Kier molecular flexibility index (Phi) is 6.46. The fourth-order valence-corrected chi connectivity index (χ4v) is 5.62. The van der Waals surface area contributed by atoms with E-state index in [9.17, 15) is 18.4 Å². The highest BCUT2D eigenvalue weighted by Crippen LogP contribution is 2.52. The molecule has 1 saturated heterocycles. The average Bonchev–Trinajstić information content (AvgIpc) is 3.84. The second-order valence-electron chi connectivity index (χ2n) is 9.94. The Hall–Kier alpha value is -3.98. The van der Waals surface area contributed by atoms with Crippen molar-refractivity contribution in [2.75, 3.05) is 23.9 Å². The molecule has 2 saturated carbocycles. The van der Waals surface area contributed by atoms with Gasteiger partial charge in [-0.3, -0.25) is 24.8 Å². The van der Waals surface area contributed by atoms with Gasteiger partial charge >= 0.3 is 0 Å². The third kappa shape index (κ3) is 4.94. The molecule has 39 heavy (non-hydrogen) atoms. The molecule has 3 fully saturated rings. The van der Waals surface area contributed by atoms with Crippen LogP contribution in [0.1, 0.15) is 53.7 Å². The first kappa shape index (κ1) is 25.3. The maximum atomic E-state index is 13.6. The number of hydrogen-bond acceptors (Lipinski definition) is 8. The van der Waals surface area contributed by atoms with Crippen LogP contribution in [-0.2, 0) is 4.79 Å². The van der Waals surface area contributed by atoms with E-state index in [1.54, 1.807) is 11.0 Å². The molecule has 3 aromatic rings. The van der Waals surface area contributed by atoms with Gasteiger partial charge in [0.1, 0.15) is 17.3 Å². The summed E-state index contributed by atoms with van der Waals surface area (Å²) >= 11 is 1.14. The molecule has 4 heterocycles. The van der Waals surface area contributed by atoms with Gasteiger partial charge in [-0.1, -0.05) is 24.2 Å². The molecular weight excluding hydrogens is 526 g/mol. The van der Waals surface area contributed by atoms with Crippen molar-refractivity contribution in [2.45, 2.75) is 32.6 Å². The van der Waals surface area contributed by atoms with Gasteiger partial charge in [-0.05, 0) is 49.2 Å². The summed E-state index contributed by atoms with van der Waals surface area (Å²) in [5.74, 6) is 7.09. The highest BCUT2D eigenvalue weighted by molar-refractivity contribution is 7.15. The lowest BCUT2D eigenvalue weighted by molar-refractivity contribution is -0.121. The Labute approximate surface area is 227 Å². The standard InChI is InChI=1S/C27H24F2N6O3S/c1-13-15-7-8-35(26(37)23(13)15)21-10-16(17-9-19(24(28)29)30-12-20(17)38-2)18(11-31-21)25(36)32-27-34-33-22(39-27)6-5-14-3-4-14/h9-15,23-24H,3-4,7-8H2,1-2H3,(H,32,34,36)/t13-,15+,23-/m1/s1. The van der Waals surface area contributed by atoms with Gasteiger partial charge in [-0.25, -0.2) is 13.8 Å². The highest BCUT2D eigenvalue weighted by atomic mass is 32.1. The van der Waals surface area contributed by atoms with Gasteiger partial charge in [0.15, 0.2) is 5.01 Å². The third-order valence-electron chi connectivity index (χ3n) is 7.44. The average molecular weight is 551 g/mol. The molecule has 1 aliphatic heterocycles. The van der Waals surface area contributed by atoms with Crippen LogP contribution in [0.4, 0.5) is 19.7 Å². The Bertz CT molecular complexity index is 1530. The van der Waals surface area contributed by atoms with Crippen molar-refractivity contribution in [3.63, 3.8) is 0 Å². The van der Waals surface area contributed by atoms with Crippen LogP contribution in [-0.4, -0.2) is 45.6 Å². The monoisotopic (exact) mass is 550 g/mol. The Morgan fingerprint density at radius 1 is 1.18 bits per heavy atom. The predicted molar refractivity (Wildman–Crippen MR) is 140 cm³/mol. The van der Waals surface area contributed by atoms with Gasteiger partial charge in [0.25, 0.3) is 12.3 Å². The molecule has 1 N–H and O–H groups in total. The van der Waals surface area contributed by atoms with Crippen LogP contribution in [0.25, 0.3) is 11.1 Å². The number of hydrogen-bond donors (Lipinski definition) is 1. The molecule has 3 atom stereocenters. The number of ether oxygens (including phenoxy) is 1. The fraction of sp³-hybridized carbons (Fsp3) is 0.407. The third-order valence-corrected chi connectivity index (χ3v) is 8.19. The van der Waals surface area contributed by atoms with E-state index in [1.807, 2.05) is 0 Å². The maximum Gasteiger partial charge on any atom is 0.280 e. The number of nitrogens with zero attached hydrogens (tertiary/aromatic N) is 5. The first-order valence-electron chi connectivity index (χ1n) is 12.6. The van der Waals surface area contributed by atoms with Crippen molar-refractivity contribution < 1.29 is 23.1 Å². The summed E-state index contributed by atoms with van der Waals surface area (Å²) in [7, 11) is 1.39. The Morgan fingerprint density at radius 2 is 2.00 bits per heavy atom. The number of carbonyl (C=O) groups is 2. The fourth-order valence-electron chi connectivity index (χ4n) is 5.02. The summed E-state index contributed by atoms with van der Waals surface area (Å²) < 4.78 is 32.6. The zero-order valence-electron chi connectivity index (χ0n) is 21.1. The SMILES string of the molecule is COc1cnc(C(F)F)cc1-c1cc(N2CC[C@H]3[C@@H](C)[C@H]3C2=O)ncc1C(=O)Nc1nnc(C#CC2CC2)s1. The summed E-state index contributed by atoms with van der Waals surface area (Å²) in [5.41, 5.74) is 0.122. The Morgan fingerprint density at radius 3 is 2.74 bits per heavy atom. The van der Waals surface area contributed by atoms with Crippen LogP contribution in [0, 0.1) is 35.5 Å². The van der Waals surface area contributed by atoms with Crippen molar-refractivity contribution in [2.24, 2.45) is 23.7 Å². The number of rotatable bonds is 6. The van der Waals surface area contributed by atoms with Gasteiger partial charge in [-0.2, -0.15) is 0 Å². The zero-order valence-corrected chi connectivity index (χ0v) is 22.0. The Balaban J connectivity index is 1.37. The molecule has 0 bridgehead atoms. The summed E-state index contributed by atoms with van der Waals surface area (Å²) in [6.45, 7) is 2.56. The minimum absolute atomic E-state index is 0.0157. The minimum Gasteiger partial charge on any atom is -0.494 e. The molecule has 3 aliphatic rings. The summed E-state index contributed by atoms with van der Waals surface area (Å²) in [5, 5.41) is 11.4. The van der Waals surface area contributed by atoms with E-state index in [1.165, 1.54) is 25.6 Å². The first-order chi connectivity index (χ1) is 18.8. The van der Waals surface area contributed by atoms with Gasteiger partial charge in [0, 0.05) is 35.7 Å². The number of piperidine rings is 1. The van der Waals surface area contributed by atoms with E-state index in [4.69, 9.17) is 4.74 Å². The summed E-state index contributed by atoms with van der Waals surface area (Å²) in [4.78, 5) is 36.4. The van der Waals surface area contributed by atoms with Gasteiger partial charge < -0.3 is 4.74 Å². The van der Waals surface area contributed by atoms with Crippen molar-refractivity contribution in [1.29, 1.82) is 0 Å². The molecule has 0 spiro atoms. The van der Waals surface area contributed by atoms with E-state index in [2.05, 4.69) is 44.2 Å². The number of fused-ring (bicyclic) bond motifs is 1. The molecule has 6 rings (SSSR count). The second-order valence-corrected chi connectivity index (χ2v) is 10.9. The molecule has 0 aromatic carbocycles. The minimum atomic E-state index is -2.83. The lowest BCUT2D eigenvalue weighted by Gasteiger charge is -2.26. The van der Waals surface area contributed by atoms with Crippen LogP contribution in [0.5, 0.6) is 5.75 Å². The van der Waals surface area contributed by atoms with Gasteiger partial charge in [0.05, 0.1) is 18.9 Å². The van der Waals surface area contributed by atoms with Crippen molar-refractivity contribution >= 4 is 34.1 Å². The second kappa shape index (κ2) is 9.96. The van der Waals surface area contributed by atoms with E-state index in [-0.39, 0.29) is 39.4 Å². The number of pyridine rings is 2. The first-order valence-corrected chi connectivity index (χ1v) is 13.5. The molecule has 12 heteroatoms. The number of nitrogens with one attached hydrogen (secondary N) is 1. The van der Waals surface area contributed by atoms with Crippen LogP contribution < -0.4 is 15.0 Å². The zero-order chi connectivity index (χ0) is 27.3. The van der Waals surface area contributed by atoms with E-state index in [0.717, 1.165) is 30.6 Å². The van der Waals surface area contributed by atoms with E-state index < -0.39 is 18.0 Å². The van der Waals surface area contributed by atoms with E-state index in [0.29, 0.717) is 35.1 Å². The number of alkyl halides is 2. The molecule has 200 valence electrons. The molecule has 2 aliphatic carbocycles. The molecule has 0 radical (unpaired) electrons. The van der Waals surface area contributed by atoms with Crippen LogP contribution in [0.2, 0.25) is 0 Å². The number of methoxy groups -OCH3 is 1. The van der Waals surface area contributed by atoms with Crippen molar-refractivity contribution in [3.05, 3.63) is 40.8 Å². The molecular formula is C27H24F2N6O3S. The van der Waals surface area contributed by atoms with E-state index >= 15 is 0 Å². The predicted octanol–water partition coefficient (Wildman–Crippen LogP) is 4.57.